The highest BCUT2D eigenvalue weighted by Gasteiger charge is 2.36. The average Bonchev–Trinajstić information content (AvgIpc) is 2.93. The zero-order valence-corrected chi connectivity index (χ0v) is 16.4. The van der Waals surface area contributed by atoms with Gasteiger partial charge in [-0.2, -0.15) is 0 Å². The van der Waals surface area contributed by atoms with Crippen LogP contribution in [0.1, 0.15) is 34.0 Å². The molecule has 2 aromatic carbocycles. The molecule has 0 aliphatic carbocycles. The lowest BCUT2D eigenvalue weighted by Gasteiger charge is -2.18. The Morgan fingerprint density at radius 3 is 2.21 bits per heavy atom. The number of benzene rings is 2. The van der Waals surface area contributed by atoms with Crippen molar-refractivity contribution in [1.82, 2.24) is 4.90 Å². The first kappa shape index (κ1) is 20.1. The van der Waals surface area contributed by atoms with E-state index in [1.165, 1.54) is 24.1 Å². The molecule has 1 amide bonds. The highest BCUT2D eigenvalue weighted by Crippen LogP contribution is 2.32. The zero-order valence-electron chi connectivity index (χ0n) is 16.4. The second-order valence-electron chi connectivity index (χ2n) is 6.80. The number of methoxy groups -OCH3 is 1. The van der Waals surface area contributed by atoms with Gasteiger partial charge in [-0.3, -0.25) is 4.79 Å². The van der Waals surface area contributed by atoms with E-state index in [2.05, 4.69) is 0 Å². The number of ether oxygens (including phenoxy) is 1. The highest BCUT2D eigenvalue weighted by atomic mass is 16.5. The van der Waals surface area contributed by atoms with E-state index in [4.69, 9.17) is 4.74 Å². The number of nitrogens with zero attached hydrogens (tertiary/aromatic N) is 1. The van der Waals surface area contributed by atoms with Crippen molar-refractivity contribution in [2.75, 3.05) is 7.11 Å². The minimum Gasteiger partial charge on any atom is -0.545 e. The molecule has 0 aromatic heterocycles. The van der Waals surface area contributed by atoms with Crippen LogP contribution in [-0.2, 0) is 20.9 Å². The third-order valence-corrected chi connectivity index (χ3v) is 4.82. The summed E-state index contributed by atoms with van der Waals surface area (Å²) in [5, 5.41) is 10.9. The van der Waals surface area contributed by atoms with E-state index in [-0.39, 0.29) is 22.6 Å². The lowest BCUT2D eigenvalue weighted by molar-refractivity contribution is -0.255. The maximum Gasteiger partial charge on any atom is 0.340 e. The fraction of sp³-hybridized carbons (Fsp3) is 0.174. The van der Waals surface area contributed by atoms with Gasteiger partial charge in [0.2, 0.25) is 0 Å². The van der Waals surface area contributed by atoms with Gasteiger partial charge in [-0.25, -0.2) is 4.79 Å². The summed E-state index contributed by atoms with van der Waals surface area (Å²) < 4.78 is 4.88. The molecule has 0 radical (unpaired) electrons. The van der Waals surface area contributed by atoms with E-state index in [1.807, 2.05) is 31.2 Å². The maximum absolute atomic E-state index is 13.1. The summed E-state index contributed by atoms with van der Waals surface area (Å²) >= 11 is 0. The number of esters is 1. The number of aryl methyl sites for hydroxylation is 1. The number of carboxylic acids is 1. The molecule has 0 saturated carbocycles. The molecule has 0 N–H and O–H groups in total. The third-order valence-electron chi connectivity index (χ3n) is 4.82. The molecule has 1 aliphatic rings. The Labute approximate surface area is 168 Å². The summed E-state index contributed by atoms with van der Waals surface area (Å²) in [4.78, 5) is 37.9. The molecule has 6 heteroatoms. The van der Waals surface area contributed by atoms with Crippen LogP contribution in [0.15, 0.2) is 65.4 Å². The molecular weight excluding hydrogens is 370 g/mol. The third kappa shape index (κ3) is 4.11. The smallest absolute Gasteiger partial charge is 0.340 e. The fourth-order valence-electron chi connectivity index (χ4n) is 3.18. The van der Waals surface area contributed by atoms with Crippen LogP contribution in [0, 0.1) is 6.92 Å². The van der Waals surface area contributed by atoms with Crippen LogP contribution in [0.2, 0.25) is 0 Å². The predicted octanol–water partition coefficient (Wildman–Crippen LogP) is 2.23. The molecular formula is C23H20NO5-. The number of rotatable bonds is 5. The van der Waals surface area contributed by atoms with Crippen molar-refractivity contribution in [1.29, 1.82) is 0 Å². The van der Waals surface area contributed by atoms with Gasteiger partial charge in [-0.1, -0.05) is 54.1 Å². The van der Waals surface area contributed by atoms with Gasteiger partial charge in [0.1, 0.15) is 0 Å². The molecule has 6 nitrogen and oxygen atoms in total. The Morgan fingerprint density at radius 1 is 1.03 bits per heavy atom. The van der Waals surface area contributed by atoms with Crippen LogP contribution in [0.3, 0.4) is 0 Å². The largest absolute Gasteiger partial charge is 0.545 e. The van der Waals surface area contributed by atoms with E-state index in [9.17, 15) is 19.5 Å². The monoisotopic (exact) mass is 390 g/mol. The number of allylic oxidation sites excluding steroid dienone is 1. The molecule has 0 saturated heterocycles. The van der Waals surface area contributed by atoms with Crippen LogP contribution in [0.4, 0.5) is 0 Å². The fourth-order valence-corrected chi connectivity index (χ4v) is 3.18. The standard InChI is InChI=1S/C23H21NO5/c1-14-4-6-17(7-5-14)13-24-15(2)20(23(28)29-3)19(21(24)25)12-16-8-10-18(11-9-16)22(26)27/h4-12H,13H2,1-3H3,(H,26,27)/p-1/b19-12-. The Morgan fingerprint density at radius 2 is 1.66 bits per heavy atom. The second kappa shape index (κ2) is 8.14. The summed E-state index contributed by atoms with van der Waals surface area (Å²) in [6.45, 7) is 4.02. The summed E-state index contributed by atoms with van der Waals surface area (Å²) in [5.41, 5.74) is 3.60. The van der Waals surface area contributed by atoms with Gasteiger partial charge < -0.3 is 19.5 Å². The van der Waals surface area contributed by atoms with Crippen molar-refractivity contribution < 1.29 is 24.2 Å². The number of carbonyl (C=O) groups is 3. The van der Waals surface area contributed by atoms with Crippen LogP contribution in [0.5, 0.6) is 0 Å². The highest BCUT2D eigenvalue weighted by molar-refractivity contribution is 6.16. The zero-order chi connectivity index (χ0) is 21.1. The van der Waals surface area contributed by atoms with Crippen molar-refractivity contribution in [3.8, 4) is 0 Å². The summed E-state index contributed by atoms with van der Waals surface area (Å²) in [6.07, 6.45) is 1.56. The molecule has 0 unspecified atom stereocenters. The summed E-state index contributed by atoms with van der Waals surface area (Å²) in [5.74, 6) is -2.19. The molecule has 1 aliphatic heterocycles. The van der Waals surface area contributed by atoms with Gasteiger partial charge in [0, 0.05) is 5.70 Å². The molecule has 0 fully saturated rings. The van der Waals surface area contributed by atoms with Crippen molar-refractivity contribution in [2.24, 2.45) is 0 Å². The molecule has 0 atom stereocenters. The van der Waals surface area contributed by atoms with Crippen molar-refractivity contribution in [3.63, 3.8) is 0 Å². The van der Waals surface area contributed by atoms with Crippen LogP contribution < -0.4 is 5.11 Å². The summed E-state index contributed by atoms with van der Waals surface area (Å²) in [7, 11) is 1.27. The predicted molar refractivity (Wildman–Crippen MR) is 105 cm³/mol. The van der Waals surface area contributed by atoms with E-state index in [0.717, 1.165) is 11.1 Å². The SMILES string of the molecule is COC(=O)C1=C(C)N(Cc2ccc(C)cc2)C(=O)/C1=C\c1ccc(C(=O)[O-])cc1. The lowest BCUT2D eigenvalue weighted by atomic mass is 10.0. The molecule has 2 aromatic rings. The summed E-state index contributed by atoms with van der Waals surface area (Å²) in [6, 6.07) is 13.7. The molecule has 29 heavy (non-hydrogen) atoms. The van der Waals surface area contributed by atoms with E-state index in [1.54, 1.807) is 25.1 Å². The number of hydrogen-bond acceptors (Lipinski definition) is 5. The van der Waals surface area contributed by atoms with Crippen LogP contribution >= 0.6 is 0 Å². The normalized spacial score (nSPS) is 15.2. The van der Waals surface area contributed by atoms with Gasteiger partial charge >= 0.3 is 5.97 Å². The number of carboxylic acid groups (broad SMARTS) is 1. The molecule has 0 bridgehead atoms. The van der Waals surface area contributed by atoms with E-state index >= 15 is 0 Å². The number of hydrogen-bond donors (Lipinski definition) is 0. The second-order valence-corrected chi connectivity index (χ2v) is 6.80. The van der Waals surface area contributed by atoms with Crippen molar-refractivity contribution >= 4 is 23.9 Å². The van der Waals surface area contributed by atoms with E-state index < -0.39 is 11.9 Å². The Hall–Kier alpha value is -3.67. The first-order valence-corrected chi connectivity index (χ1v) is 9.02. The van der Waals surface area contributed by atoms with Gasteiger partial charge in [0.05, 0.1) is 30.8 Å². The minimum atomic E-state index is -1.28. The van der Waals surface area contributed by atoms with Crippen molar-refractivity contribution in [3.05, 3.63) is 87.6 Å². The number of amides is 1. The van der Waals surface area contributed by atoms with Gasteiger partial charge in [-0.15, -0.1) is 0 Å². The number of aromatic carboxylic acids is 1. The first-order valence-electron chi connectivity index (χ1n) is 9.02. The Balaban J connectivity index is 1.99. The Bertz CT molecular complexity index is 1030. The maximum atomic E-state index is 13.1. The minimum absolute atomic E-state index is 0.0332. The molecule has 3 rings (SSSR count). The topological polar surface area (TPSA) is 86.7 Å². The van der Waals surface area contributed by atoms with Crippen LogP contribution in [0.25, 0.3) is 6.08 Å². The van der Waals surface area contributed by atoms with Gasteiger partial charge in [0.25, 0.3) is 5.91 Å². The first-order chi connectivity index (χ1) is 13.8. The Kier molecular flexibility index (Phi) is 5.64. The average molecular weight is 390 g/mol. The number of carbonyl (C=O) groups excluding carboxylic acids is 3. The van der Waals surface area contributed by atoms with E-state index in [0.29, 0.717) is 17.8 Å². The molecule has 1 heterocycles. The quantitative estimate of drug-likeness (QED) is 0.577. The van der Waals surface area contributed by atoms with Crippen molar-refractivity contribution in [2.45, 2.75) is 20.4 Å². The van der Waals surface area contributed by atoms with Gasteiger partial charge in [-0.05, 0) is 36.6 Å². The lowest BCUT2D eigenvalue weighted by Crippen LogP contribution is -2.24. The molecule has 148 valence electrons. The van der Waals surface area contributed by atoms with Crippen LogP contribution in [-0.4, -0.2) is 29.9 Å². The van der Waals surface area contributed by atoms with Gasteiger partial charge in [0.15, 0.2) is 0 Å². The molecule has 0 spiro atoms.